The predicted octanol–water partition coefficient (Wildman–Crippen LogP) is 5.29. The number of halogens is 4. The molecule has 0 aliphatic rings. The third kappa shape index (κ3) is 6.81. The van der Waals surface area contributed by atoms with Gasteiger partial charge in [0.15, 0.2) is 0 Å². The zero-order valence-corrected chi connectivity index (χ0v) is 14.7. The molecule has 0 amide bonds. The van der Waals surface area contributed by atoms with Crippen LogP contribution in [0.1, 0.15) is 37.4 Å². The van der Waals surface area contributed by atoms with E-state index in [2.05, 4.69) is 28.5 Å². The Labute approximate surface area is 155 Å². The smallest absolute Gasteiger partial charge is 0.461 e. The Hall–Kier alpha value is -2.75. The summed E-state index contributed by atoms with van der Waals surface area (Å²) in [4.78, 5) is 4.17. The number of hydrogen-bond donors (Lipinski definition) is 0. The highest BCUT2D eigenvalue weighted by atomic mass is 19.3. The molecule has 7 heteroatoms. The van der Waals surface area contributed by atoms with Crippen LogP contribution in [0.15, 0.2) is 42.6 Å². The molecular formula is C20H19F4NO2. The summed E-state index contributed by atoms with van der Waals surface area (Å²) >= 11 is 0. The molecule has 0 unspecified atom stereocenters. The lowest BCUT2D eigenvalue weighted by Gasteiger charge is -2.16. The number of rotatable bonds is 8. The summed E-state index contributed by atoms with van der Waals surface area (Å²) in [6, 6.07) is 8.58. The van der Waals surface area contributed by atoms with E-state index in [1.165, 1.54) is 12.1 Å². The predicted molar refractivity (Wildman–Crippen MR) is 93.3 cm³/mol. The zero-order chi connectivity index (χ0) is 19.7. The van der Waals surface area contributed by atoms with Gasteiger partial charge in [-0.3, -0.25) is 0 Å². The van der Waals surface area contributed by atoms with Crippen molar-refractivity contribution in [3.63, 3.8) is 0 Å². The molecule has 0 spiro atoms. The van der Waals surface area contributed by atoms with E-state index >= 15 is 0 Å². The summed E-state index contributed by atoms with van der Waals surface area (Å²) in [5, 5.41) is 0. The Kier molecular flexibility index (Phi) is 7.47. The Balaban J connectivity index is 1.93. The molecule has 1 aromatic heterocycles. The third-order valence-corrected chi connectivity index (χ3v) is 3.45. The van der Waals surface area contributed by atoms with Crippen molar-refractivity contribution in [1.82, 2.24) is 4.98 Å². The van der Waals surface area contributed by atoms with Crippen molar-refractivity contribution in [3.05, 3.63) is 53.9 Å². The number of unbranched alkanes of at least 4 members (excludes halogenated alkanes) is 2. The van der Waals surface area contributed by atoms with Gasteiger partial charge in [0.2, 0.25) is 0 Å². The Morgan fingerprint density at radius 2 is 1.70 bits per heavy atom. The lowest BCUT2D eigenvalue weighted by Crippen LogP contribution is -2.33. The fraction of sp³-hybridized carbons (Fsp3) is 0.350. The molecule has 0 fully saturated rings. The molecular weight excluding hydrogens is 362 g/mol. The van der Waals surface area contributed by atoms with Gasteiger partial charge >= 0.3 is 12.5 Å². The number of alkyl halides is 4. The maximum absolute atomic E-state index is 12.8. The van der Waals surface area contributed by atoms with Gasteiger partial charge in [-0.25, -0.2) is 4.98 Å². The van der Waals surface area contributed by atoms with Crippen LogP contribution in [0.5, 0.6) is 11.5 Å². The first-order valence-electron chi connectivity index (χ1n) is 8.46. The van der Waals surface area contributed by atoms with Crippen LogP contribution in [0.3, 0.4) is 0 Å². The molecule has 0 bridgehead atoms. The van der Waals surface area contributed by atoms with Crippen molar-refractivity contribution < 1.29 is 27.0 Å². The van der Waals surface area contributed by atoms with E-state index < -0.39 is 12.5 Å². The van der Waals surface area contributed by atoms with Crippen LogP contribution in [0, 0.1) is 11.8 Å². The van der Waals surface area contributed by atoms with Gasteiger partial charge in [0.1, 0.15) is 17.2 Å². The van der Waals surface area contributed by atoms with Gasteiger partial charge in [-0.05, 0) is 48.7 Å². The van der Waals surface area contributed by atoms with E-state index in [-0.39, 0.29) is 5.75 Å². The molecule has 0 aliphatic carbocycles. The van der Waals surface area contributed by atoms with Crippen molar-refractivity contribution in [3.8, 4) is 23.3 Å². The highest BCUT2D eigenvalue weighted by Crippen LogP contribution is 2.27. The van der Waals surface area contributed by atoms with Gasteiger partial charge in [-0.2, -0.15) is 17.6 Å². The normalized spacial score (nSPS) is 11.0. The van der Waals surface area contributed by atoms with Crippen molar-refractivity contribution in [1.29, 1.82) is 0 Å². The zero-order valence-electron chi connectivity index (χ0n) is 14.7. The Morgan fingerprint density at radius 1 is 1.00 bits per heavy atom. The fourth-order valence-electron chi connectivity index (χ4n) is 2.03. The van der Waals surface area contributed by atoms with Crippen LogP contribution in [-0.4, -0.2) is 24.1 Å². The Bertz CT molecular complexity index is 765. The molecule has 0 saturated heterocycles. The summed E-state index contributed by atoms with van der Waals surface area (Å²) < 4.78 is 59.4. The number of benzene rings is 1. The molecule has 3 nitrogen and oxygen atoms in total. The van der Waals surface area contributed by atoms with Crippen LogP contribution in [-0.2, 0) is 0 Å². The SMILES string of the molecule is CCCCCOc1ccc(C#Cc2ccc(OC(F)(F)C(F)F)cc2)nc1. The molecule has 0 radical (unpaired) electrons. The average Bonchev–Trinajstić information content (AvgIpc) is 2.65. The first-order valence-corrected chi connectivity index (χ1v) is 8.46. The topological polar surface area (TPSA) is 31.4 Å². The highest BCUT2D eigenvalue weighted by molar-refractivity contribution is 5.42. The van der Waals surface area contributed by atoms with Crippen LogP contribution in [0.2, 0.25) is 0 Å². The third-order valence-electron chi connectivity index (χ3n) is 3.45. The quantitative estimate of drug-likeness (QED) is 0.354. The Morgan fingerprint density at radius 3 is 2.30 bits per heavy atom. The van der Waals surface area contributed by atoms with E-state index in [9.17, 15) is 17.6 Å². The summed E-state index contributed by atoms with van der Waals surface area (Å²) in [6.45, 7) is 2.76. The summed E-state index contributed by atoms with van der Waals surface area (Å²) in [7, 11) is 0. The van der Waals surface area contributed by atoms with Gasteiger partial charge in [0.05, 0.1) is 12.8 Å². The lowest BCUT2D eigenvalue weighted by molar-refractivity contribution is -0.253. The molecule has 0 N–H and O–H groups in total. The second-order valence-corrected chi connectivity index (χ2v) is 5.67. The molecule has 144 valence electrons. The van der Waals surface area contributed by atoms with E-state index in [0.29, 0.717) is 23.6 Å². The van der Waals surface area contributed by atoms with E-state index in [0.717, 1.165) is 31.4 Å². The number of pyridine rings is 1. The molecule has 1 aromatic carbocycles. The van der Waals surface area contributed by atoms with E-state index in [4.69, 9.17) is 4.74 Å². The molecule has 2 rings (SSSR count). The first-order chi connectivity index (χ1) is 12.9. The second kappa shape index (κ2) is 9.81. The molecule has 1 heterocycles. The summed E-state index contributed by atoms with van der Waals surface area (Å²) in [5.41, 5.74) is 1.02. The van der Waals surface area contributed by atoms with Gasteiger partial charge in [-0.1, -0.05) is 25.7 Å². The van der Waals surface area contributed by atoms with Crippen LogP contribution < -0.4 is 9.47 Å². The van der Waals surface area contributed by atoms with Gasteiger partial charge < -0.3 is 9.47 Å². The molecule has 27 heavy (non-hydrogen) atoms. The van der Waals surface area contributed by atoms with Gasteiger partial charge in [0, 0.05) is 5.56 Å². The molecule has 2 aromatic rings. The molecule has 0 aliphatic heterocycles. The first kappa shape index (κ1) is 20.6. The lowest BCUT2D eigenvalue weighted by atomic mass is 10.2. The highest BCUT2D eigenvalue weighted by Gasteiger charge is 2.43. The number of nitrogens with zero attached hydrogens (tertiary/aromatic N) is 1. The summed E-state index contributed by atoms with van der Waals surface area (Å²) in [6.07, 6.45) is -3.63. The van der Waals surface area contributed by atoms with Crippen LogP contribution in [0.4, 0.5) is 17.6 Å². The minimum Gasteiger partial charge on any atom is -0.492 e. The summed E-state index contributed by atoms with van der Waals surface area (Å²) in [5.74, 6) is 5.93. The number of hydrogen-bond acceptors (Lipinski definition) is 3. The average molecular weight is 381 g/mol. The maximum Gasteiger partial charge on any atom is 0.461 e. The fourth-order valence-corrected chi connectivity index (χ4v) is 2.03. The minimum absolute atomic E-state index is 0.367. The number of ether oxygens (including phenoxy) is 2. The van der Waals surface area contributed by atoms with Gasteiger partial charge in [0.25, 0.3) is 0 Å². The largest absolute Gasteiger partial charge is 0.492 e. The molecule has 0 saturated carbocycles. The van der Waals surface area contributed by atoms with Gasteiger partial charge in [-0.15, -0.1) is 0 Å². The van der Waals surface area contributed by atoms with Crippen molar-refractivity contribution in [2.24, 2.45) is 0 Å². The monoisotopic (exact) mass is 381 g/mol. The maximum atomic E-state index is 12.8. The van der Waals surface area contributed by atoms with Crippen molar-refractivity contribution in [2.45, 2.75) is 38.7 Å². The second-order valence-electron chi connectivity index (χ2n) is 5.67. The van der Waals surface area contributed by atoms with Crippen LogP contribution >= 0.6 is 0 Å². The molecule has 0 atom stereocenters. The van der Waals surface area contributed by atoms with E-state index in [1.807, 2.05) is 0 Å². The van der Waals surface area contributed by atoms with Crippen molar-refractivity contribution >= 4 is 0 Å². The van der Waals surface area contributed by atoms with Crippen LogP contribution in [0.25, 0.3) is 0 Å². The van der Waals surface area contributed by atoms with E-state index in [1.54, 1.807) is 18.3 Å². The van der Waals surface area contributed by atoms with Crippen molar-refractivity contribution in [2.75, 3.05) is 6.61 Å². The standard InChI is InChI=1S/C20H19F4NO2/c1-2-3-4-13-26-18-12-9-16(25-14-18)8-5-15-6-10-17(11-7-15)27-20(23,24)19(21)22/h6-7,9-12,14,19H,2-4,13H2,1H3. The number of aromatic nitrogens is 1. The minimum atomic E-state index is -4.53.